The number of ketones is 3. The number of sulfonamides is 1. The highest BCUT2D eigenvalue weighted by Crippen LogP contribution is 2.61. The Bertz CT molecular complexity index is 5330. The maximum absolute atomic E-state index is 13.8. The Labute approximate surface area is 898 Å². The zero-order chi connectivity index (χ0) is 111. The molecule has 1 aliphatic heterocycles. The first-order valence-corrected chi connectivity index (χ1v) is 61.4. The van der Waals surface area contributed by atoms with Crippen LogP contribution in [0.15, 0.2) is 164 Å². The van der Waals surface area contributed by atoms with Gasteiger partial charge in [-0.25, -0.2) is 26.4 Å². The summed E-state index contributed by atoms with van der Waals surface area (Å²) in [4.78, 5) is 52.3. The van der Waals surface area contributed by atoms with Gasteiger partial charge in [0.2, 0.25) is 17.3 Å². The van der Waals surface area contributed by atoms with Crippen molar-refractivity contribution in [1.82, 2.24) is 4.31 Å². The minimum Gasteiger partial charge on any atom is -0.497 e. The lowest BCUT2D eigenvalue weighted by molar-refractivity contribution is -0.272. The van der Waals surface area contributed by atoms with Crippen LogP contribution in [0.4, 0.5) is 48.3 Å². The molecule has 0 amide bonds. The number of methoxy groups -OCH3 is 1. The number of rotatable bonds is 45. The molecule has 8 fully saturated rings. The first kappa shape index (κ1) is 126. The molecule has 1 saturated heterocycles. The third kappa shape index (κ3) is 35.7. The molecule has 150 heavy (non-hydrogen) atoms. The number of carbonyl (C=O) groups excluding carboxylic acids is 4. The molecule has 9 unspecified atom stereocenters. The number of unbranched alkanes of at least 4 members (excludes halogenated alkanes) is 6. The van der Waals surface area contributed by atoms with Gasteiger partial charge in [0.15, 0.2) is 21.9 Å². The van der Waals surface area contributed by atoms with Gasteiger partial charge in [-0.3, -0.25) is 14.4 Å². The van der Waals surface area contributed by atoms with Crippen molar-refractivity contribution in [2.24, 2.45) is 69.0 Å². The maximum Gasteiger partial charge on any atom is 0.427 e. The number of hydrogen-bond donors (Lipinski definition) is 0. The fraction of sp³-hybridized carbons (Fsp3) is 0.639. The van der Waals surface area contributed by atoms with E-state index in [4.69, 9.17) is 28.4 Å². The number of halogens is 11. The molecule has 0 N–H and O–H groups in total. The number of benzene rings is 7. The Balaban J connectivity index is 0.000000204. The SMILES string of the molecule is CC(F)(F)C(=O)OCC12CC3CC(CC(C3)C1)C2.CC(F)(F)C(F)(F)C(F)(F)S(=O)(=O)N1CCC2CCCCC2C1.CC(F)(F)C(F)C1CC2CCC1C2.CCCC[S+](CCCC)C(C(=O)c1ccc(Oc2ccc(OC)cc2)cc1)C(C)(C)C.CCCC[S+](CCCC)C(C(=O)c1ccc(Oc2ccc(OCC)cc2)cc1)C(C)(C)C.CCCC[S+](CCCC)C(C(=O)c1ccc(Oc2ccc3ccccc3c2)cc1)C(C)(C)C. The van der Waals surface area contributed by atoms with Crippen LogP contribution < -0.4 is 23.7 Å². The van der Waals surface area contributed by atoms with Crippen LogP contribution in [0.1, 0.15) is 336 Å². The summed E-state index contributed by atoms with van der Waals surface area (Å²) in [6.45, 7) is 36.5. The van der Waals surface area contributed by atoms with Crippen LogP contribution in [-0.4, -0.2) is 155 Å². The van der Waals surface area contributed by atoms with Gasteiger partial charge in [-0.1, -0.05) is 198 Å². The quantitative estimate of drug-likeness (QED) is 0.0154. The Morgan fingerprint density at radius 2 is 0.760 bits per heavy atom. The van der Waals surface area contributed by atoms with E-state index in [0.29, 0.717) is 39.2 Å². The average molecular weight is 2180 g/mol. The second-order valence-electron chi connectivity index (χ2n) is 46.3. The van der Waals surface area contributed by atoms with Crippen molar-refractivity contribution in [3.63, 3.8) is 0 Å². The fourth-order valence-electron chi connectivity index (χ4n) is 22.9. The van der Waals surface area contributed by atoms with Gasteiger partial charge in [-0.2, -0.15) is 39.4 Å². The zero-order valence-electron chi connectivity index (χ0n) is 92.8. The van der Waals surface area contributed by atoms with E-state index in [2.05, 4.69) is 128 Å². The normalized spacial score (nSPS) is 21.1. The van der Waals surface area contributed by atoms with Crippen molar-refractivity contribution in [1.29, 1.82) is 0 Å². The van der Waals surface area contributed by atoms with Crippen LogP contribution in [0, 0.1) is 69.0 Å². The number of esters is 1. The van der Waals surface area contributed by atoms with Crippen LogP contribution in [0.5, 0.6) is 46.0 Å². The Hall–Kier alpha value is -7.53. The largest absolute Gasteiger partial charge is 0.497 e. The molecule has 0 spiro atoms. The van der Waals surface area contributed by atoms with E-state index in [1.54, 1.807) is 7.11 Å². The van der Waals surface area contributed by atoms with Gasteiger partial charge >= 0.3 is 29.0 Å². The average Bonchev–Trinajstić information content (AvgIpc) is 0.730. The van der Waals surface area contributed by atoms with E-state index in [1.165, 1.54) is 102 Å². The number of fused-ring (bicyclic) bond motifs is 4. The minimum absolute atomic E-state index is 0.0235. The lowest BCUT2D eigenvalue weighted by Gasteiger charge is -2.56. The number of piperidine rings is 1. The van der Waals surface area contributed by atoms with Crippen LogP contribution >= 0.6 is 0 Å². The van der Waals surface area contributed by atoms with Gasteiger partial charge in [0, 0.05) is 72.2 Å². The summed E-state index contributed by atoms with van der Waals surface area (Å²) in [5.74, 6) is -2.43. The third-order valence-corrected chi connectivity index (χ3v) is 41.8. The number of ether oxygens (including phenoxy) is 6. The summed E-state index contributed by atoms with van der Waals surface area (Å²) < 4.78 is 202. The van der Waals surface area contributed by atoms with E-state index in [9.17, 15) is 75.9 Å². The predicted octanol–water partition coefficient (Wildman–Crippen LogP) is 34.0. The van der Waals surface area contributed by atoms with Gasteiger partial charge in [0.25, 0.3) is 15.9 Å². The molecule has 28 heteroatoms. The Kier molecular flexibility index (Phi) is 47.8. The predicted molar refractivity (Wildman–Crippen MR) is 595 cm³/mol. The molecule has 6 bridgehead atoms. The Morgan fingerprint density at radius 1 is 0.407 bits per heavy atom. The van der Waals surface area contributed by atoms with Crippen molar-refractivity contribution in [3.8, 4) is 46.0 Å². The third-order valence-electron chi connectivity index (χ3n) is 30.2. The van der Waals surface area contributed by atoms with E-state index in [1.807, 2.05) is 146 Å². The summed E-state index contributed by atoms with van der Waals surface area (Å²) >= 11 is 0. The van der Waals surface area contributed by atoms with Gasteiger partial charge < -0.3 is 28.4 Å². The second-order valence-corrected chi connectivity index (χ2v) is 55.3. The molecule has 9 atom stereocenters. The van der Waals surface area contributed by atoms with Gasteiger partial charge in [-0.15, -0.1) is 0 Å². The fourth-order valence-corrected chi connectivity index (χ4v) is 34.8. The van der Waals surface area contributed by atoms with Crippen LogP contribution in [-0.2, 0) is 52.2 Å². The topological polar surface area (TPSA) is 161 Å². The standard InChI is InChI=1S/C30H39O2S.C28H41O3S.C27H39O3S.C14H20F2O2.C13H19F6NO2S.C10H15F3/c1-6-8-20-33(21-9-7-2)29(30(3,4)5)28(31)24-15-17-26(18-16-24)32-27-19-14-23-12-10-11-13-25(23)22-27;1-7-10-20-32(21-11-8-2)27(28(4,5)6)26(29)22-12-14-24(15-13-22)31-25-18-16-23(17-19-25)30-9-3;1-7-9-19-31(20-10-8-2)26(27(3,4)5)25(28)21-11-13-23(14-12-21)30-24-17-15-22(29-6)16-18-24;1-13(15,16)12(17)18-8-14-5-9-2-10(6-14)4-11(3-9)7-14;1-11(14,15)12(16,17)13(18,19)23(21,22)20-7-6-9-4-2-3-5-10(9)8-20;1-10(12,13)9(11)8-5-6-2-3-7(8)4-6/h10-19,22,29H,6-9,20-21H2,1-5H3;12-19,27H,7-11,20-21H2,1-6H3;11-18,26H,7-10,19-20H2,1-6H3;9-11H,2-8H2,1H3;9-10H,2-8H2,1H3;6-9H,2-5H2,1H3/q3*+1;;;. The summed E-state index contributed by atoms with van der Waals surface area (Å²) in [7, 11) is -3.92. The van der Waals surface area contributed by atoms with E-state index in [-0.39, 0.29) is 142 Å². The van der Waals surface area contributed by atoms with Crippen molar-refractivity contribution < 1.29 is 104 Å². The first-order chi connectivity index (χ1) is 70.6. The molecule has 836 valence electrons. The lowest BCUT2D eigenvalue weighted by atomic mass is 9.50. The van der Waals surface area contributed by atoms with Gasteiger partial charge in [-0.05, 0) is 340 Å². The van der Waals surface area contributed by atoms with E-state index < -0.39 is 58.0 Å². The highest BCUT2D eigenvalue weighted by Gasteiger charge is 2.77. The summed E-state index contributed by atoms with van der Waals surface area (Å²) in [6, 6.07) is 52.5. The molecule has 0 radical (unpaired) electrons. The lowest BCUT2D eigenvalue weighted by Crippen LogP contribution is -2.61. The zero-order valence-corrected chi connectivity index (χ0v) is 96.1. The van der Waals surface area contributed by atoms with Crippen molar-refractivity contribution >= 4 is 76.8 Å². The number of hydrogen-bond acceptors (Lipinski definition) is 12. The van der Waals surface area contributed by atoms with Crippen LogP contribution in [0.3, 0.4) is 0 Å². The monoisotopic (exact) mass is 2180 g/mol. The number of alkyl halides is 11. The molecule has 15 rings (SSSR count). The summed E-state index contributed by atoms with van der Waals surface area (Å²) in [5, 5.41) is -3.35. The molecular weight excluding hydrogens is 2010 g/mol. The van der Waals surface area contributed by atoms with E-state index >= 15 is 0 Å². The van der Waals surface area contributed by atoms with Crippen molar-refractivity contribution in [2.75, 3.05) is 67.9 Å². The number of nitrogens with zero attached hydrogens (tertiary/aromatic N) is 1. The van der Waals surface area contributed by atoms with Crippen molar-refractivity contribution in [2.45, 2.75) is 356 Å². The molecule has 7 saturated carbocycles. The number of Topliss-reactive ketones (excluding diaryl/α,β-unsaturated/α-hetero) is 3. The molecule has 7 aromatic rings. The second kappa shape index (κ2) is 56.9. The molecule has 13 nitrogen and oxygen atoms in total. The van der Waals surface area contributed by atoms with Crippen molar-refractivity contribution in [3.05, 3.63) is 180 Å². The molecule has 8 aliphatic rings. The molecule has 7 aliphatic carbocycles. The van der Waals surface area contributed by atoms with Gasteiger partial charge in [0.1, 0.15) is 80.5 Å². The van der Waals surface area contributed by atoms with Gasteiger partial charge in [0.05, 0.1) is 20.3 Å². The highest BCUT2D eigenvalue weighted by atomic mass is 32.2. The number of carbonyl (C=O) groups is 4. The molecule has 1 heterocycles. The maximum atomic E-state index is 13.8. The smallest absolute Gasteiger partial charge is 0.427 e. The van der Waals surface area contributed by atoms with Crippen LogP contribution in [0.25, 0.3) is 10.8 Å². The molecule has 7 aromatic carbocycles. The Morgan fingerprint density at radius 3 is 1.09 bits per heavy atom. The summed E-state index contributed by atoms with van der Waals surface area (Å²) in [5.41, 5.74) is 2.23. The minimum atomic E-state index is -5.98. The van der Waals surface area contributed by atoms with Crippen LogP contribution in [0.2, 0.25) is 0 Å². The highest BCUT2D eigenvalue weighted by molar-refractivity contribution is 7.98. The first-order valence-electron chi connectivity index (χ1n) is 55.1. The molecular formula is C122H173F11NO12S4+3. The summed E-state index contributed by atoms with van der Waals surface area (Å²) in [6.07, 6.45) is 26.8. The molecule has 0 aromatic heterocycles. The van der Waals surface area contributed by atoms with E-state index in [0.717, 1.165) is 178 Å².